The average Bonchev–Trinajstić information content (AvgIpc) is 2.86. The maximum Gasteiger partial charge on any atom is 0.119 e. The van der Waals surface area contributed by atoms with Crippen LogP contribution in [0.5, 0.6) is 5.75 Å². The Morgan fingerprint density at radius 2 is 1.58 bits per heavy atom. The van der Waals surface area contributed by atoms with E-state index in [-0.39, 0.29) is 6.04 Å². The Kier molecular flexibility index (Phi) is 8.19. The van der Waals surface area contributed by atoms with Gasteiger partial charge in [-0.15, -0.1) is 0 Å². The smallest absolute Gasteiger partial charge is 0.119 e. The summed E-state index contributed by atoms with van der Waals surface area (Å²) in [6.45, 7) is 3.66. The molecule has 4 rings (SSSR count). The third-order valence-corrected chi connectivity index (χ3v) is 6.21. The predicted octanol–water partition coefficient (Wildman–Crippen LogP) is 7.74. The lowest BCUT2D eigenvalue weighted by Crippen LogP contribution is -2.35. The van der Waals surface area contributed by atoms with E-state index in [1.165, 1.54) is 21.9 Å². The van der Waals surface area contributed by atoms with Crippen molar-refractivity contribution in [1.82, 2.24) is 5.32 Å². The van der Waals surface area contributed by atoms with Gasteiger partial charge >= 0.3 is 0 Å². The first-order valence-electron chi connectivity index (χ1n) is 11.5. The number of para-hydroxylation sites is 1. The molecular formula is C30H30ClNO. The highest BCUT2D eigenvalue weighted by atomic mass is 35.5. The Bertz CT molecular complexity index is 1170. The molecule has 0 radical (unpaired) electrons. The highest BCUT2D eigenvalue weighted by Crippen LogP contribution is 2.26. The molecule has 0 saturated carbocycles. The molecule has 2 unspecified atom stereocenters. The average molecular weight is 456 g/mol. The quantitative estimate of drug-likeness (QED) is 0.247. The molecule has 0 aliphatic heterocycles. The van der Waals surface area contributed by atoms with Crippen molar-refractivity contribution in [2.24, 2.45) is 0 Å². The molecular weight excluding hydrogens is 426 g/mol. The van der Waals surface area contributed by atoms with Crippen LogP contribution in [0.15, 0.2) is 103 Å². The summed E-state index contributed by atoms with van der Waals surface area (Å²) in [6.07, 6.45) is 5.44. The number of allylic oxidation sites excluding steroid dienone is 1. The van der Waals surface area contributed by atoms with Crippen LogP contribution in [0.4, 0.5) is 0 Å². The first kappa shape index (κ1) is 23.1. The molecule has 33 heavy (non-hydrogen) atoms. The maximum absolute atomic E-state index is 6.14. The second-order valence-corrected chi connectivity index (χ2v) is 8.74. The Morgan fingerprint density at radius 3 is 2.36 bits per heavy atom. The number of hydrogen-bond donors (Lipinski definition) is 1. The summed E-state index contributed by atoms with van der Waals surface area (Å²) >= 11 is 6.14. The van der Waals surface area contributed by atoms with Gasteiger partial charge in [0, 0.05) is 23.5 Å². The standard InChI is InChI=1S/C30H30ClNO/c1-23(32-20-21-33-29-11-3-2-4-12-29)30(26-16-18-28(31)19-17-26)13-7-8-24-14-15-25-9-5-6-10-27(25)22-24/h2-12,14-19,22-23,30,32H,13,20-21H2,1H3/b8-7+. The van der Waals surface area contributed by atoms with Crippen molar-refractivity contribution in [2.45, 2.75) is 25.3 Å². The van der Waals surface area contributed by atoms with Crippen molar-refractivity contribution in [3.05, 3.63) is 119 Å². The Hall–Kier alpha value is -3.07. The minimum Gasteiger partial charge on any atom is -0.492 e. The highest BCUT2D eigenvalue weighted by Gasteiger charge is 2.18. The van der Waals surface area contributed by atoms with E-state index in [0.717, 1.165) is 23.7 Å². The number of hydrogen-bond acceptors (Lipinski definition) is 2. The van der Waals surface area contributed by atoms with Gasteiger partial charge in [0.1, 0.15) is 12.4 Å². The fourth-order valence-corrected chi connectivity index (χ4v) is 4.24. The molecule has 0 aliphatic rings. The fourth-order valence-electron chi connectivity index (χ4n) is 4.12. The third-order valence-electron chi connectivity index (χ3n) is 5.96. The molecule has 0 heterocycles. The van der Waals surface area contributed by atoms with Gasteiger partial charge in [-0.05, 0) is 65.6 Å². The van der Waals surface area contributed by atoms with Crippen LogP contribution in [0.25, 0.3) is 16.8 Å². The molecule has 2 atom stereocenters. The van der Waals surface area contributed by atoms with Crippen LogP contribution in [0.1, 0.15) is 30.4 Å². The number of halogens is 1. The molecule has 0 fully saturated rings. The van der Waals surface area contributed by atoms with Crippen molar-refractivity contribution in [1.29, 1.82) is 0 Å². The molecule has 0 spiro atoms. The van der Waals surface area contributed by atoms with E-state index >= 15 is 0 Å². The van der Waals surface area contributed by atoms with Gasteiger partial charge in [-0.25, -0.2) is 0 Å². The zero-order valence-corrected chi connectivity index (χ0v) is 19.7. The summed E-state index contributed by atoms with van der Waals surface area (Å²) < 4.78 is 5.84. The van der Waals surface area contributed by atoms with Crippen molar-refractivity contribution < 1.29 is 4.74 Å². The van der Waals surface area contributed by atoms with Gasteiger partial charge < -0.3 is 10.1 Å². The van der Waals surface area contributed by atoms with Crippen LogP contribution in [-0.4, -0.2) is 19.2 Å². The van der Waals surface area contributed by atoms with E-state index in [4.69, 9.17) is 16.3 Å². The fraction of sp³-hybridized carbons (Fsp3) is 0.200. The summed E-state index contributed by atoms with van der Waals surface area (Å²) in [5.41, 5.74) is 2.51. The van der Waals surface area contributed by atoms with E-state index in [0.29, 0.717) is 12.5 Å². The lowest BCUT2D eigenvalue weighted by Gasteiger charge is -2.25. The van der Waals surface area contributed by atoms with Crippen LogP contribution in [0, 0.1) is 0 Å². The van der Waals surface area contributed by atoms with Gasteiger partial charge in [0.2, 0.25) is 0 Å². The van der Waals surface area contributed by atoms with Crippen LogP contribution >= 0.6 is 11.6 Å². The highest BCUT2D eigenvalue weighted by molar-refractivity contribution is 6.30. The van der Waals surface area contributed by atoms with Crippen LogP contribution in [-0.2, 0) is 0 Å². The molecule has 0 amide bonds. The molecule has 4 aromatic rings. The number of fused-ring (bicyclic) bond motifs is 1. The lowest BCUT2D eigenvalue weighted by molar-refractivity contribution is 0.301. The number of ether oxygens (including phenoxy) is 1. The van der Waals surface area contributed by atoms with Crippen molar-refractivity contribution in [3.8, 4) is 5.75 Å². The Labute approximate surface area is 201 Å². The van der Waals surface area contributed by atoms with Gasteiger partial charge in [-0.3, -0.25) is 0 Å². The second-order valence-electron chi connectivity index (χ2n) is 8.31. The van der Waals surface area contributed by atoms with E-state index in [2.05, 4.69) is 79.0 Å². The van der Waals surface area contributed by atoms with Crippen LogP contribution in [0.2, 0.25) is 5.02 Å². The molecule has 0 saturated heterocycles. The van der Waals surface area contributed by atoms with Gasteiger partial charge in [0.25, 0.3) is 0 Å². The zero-order valence-electron chi connectivity index (χ0n) is 19.0. The number of nitrogens with one attached hydrogen (secondary N) is 1. The van der Waals surface area contributed by atoms with E-state index in [1.54, 1.807) is 0 Å². The van der Waals surface area contributed by atoms with Gasteiger partial charge in [0.05, 0.1) is 0 Å². The van der Waals surface area contributed by atoms with Crippen LogP contribution in [0.3, 0.4) is 0 Å². The molecule has 0 aromatic heterocycles. The normalized spacial score (nSPS) is 13.3. The van der Waals surface area contributed by atoms with Crippen molar-refractivity contribution in [2.75, 3.05) is 13.2 Å². The second kappa shape index (κ2) is 11.7. The molecule has 4 aromatic carbocycles. The summed E-state index contributed by atoms with van der Waals surface area (Å²) in [5, 5.41) is 6.95. The van der Waals surface area contributed by atoms with Crippen LogP contribution < -0.4 is 10.1 Å². The first-order valence-corrected chi connectivity index (χ1v) is 11.9. The Balaban J connectivity index is 1.40. The summed E-state index contributed by atoms with van der Waals surface area (Å²) in [5.74, 6) is 1.23. The van der Waals surface area contributed by atoms with E-state index < -0.39 is 0 Å². The first-order chi connectivity index (χ1) is 16.2. The van der Waals surface area contributed by atoms with Gasteiger partial charge in [-0.1, -0.05) is 90.5 Å². The topological polar surface area (TPSA) is 21.3 Å². The summed E-state index contributed by atoms with van der Waals surface area (Å²) in [4.78, 5) is 0. The largest absolute Gasteiger partial charge is 0.492 e. The minimum absolute atomic E-state index is 0.284. The van der Waals surface area contributed by atoms with Gasteiger partial charge in [-0.2, -0.15) is 0 Å². The van der Waals surface area contributed by atoms with E-state index in [1.807, 2.05) is 42.5 Å². The molecule has 1 N–H and O–H groups in total. The van der Waals surface area contributed by atoms with Crippen molar-refractivity contribution in [3.63, 3.8) is 0 Å². The van der Waals surface area contributed by atoms with E-state index in [9.17, 15) is 0 Å². The molecule has 0 aliphatic carbocycles. The summed E-state index contributed by atoms with van der Waals surface area (Å²) in [7, 11) is 0. The predicted molar refractivity (Wildman–Crippen MR) is 141 cm³/mol. The molecule has 0 bridgehead atoms. The molecule has 2 nitrogen and oxygen atoms in total. The van der Waals surface area contributed by atoms with Crippen molar-refractivity contribution >= 4 is 28.4 Å². The monoisotopic (exact) mass is 455 g/mol. The Morgan fingerprint density at radius 1 is 0.848 bits per heavy atom. The summed E-state index contributed by atoms with van der Waals surface area (Å²) in [6, 6.07) is 33.5. The number of benzene rings is 4. The molecule has 3 heteroatoms. The minimum atomic E-state index is 0.284. The third kappa shape index (κ3) is 6.71. The number of rotatable bonds is 10. The molecule has 168 valence electrons. The zero-order chi connectivity index (χ0) is 22.9. The van der Waals surface area contributed by atoms with Gasteiger partial charge in [0.15, 0.2) is 0 Å². The lowest BCUT2D eigenvalue weighted by atomic mass is 9.89. The maximum atomic E-state index is 6.14. The SMILES string of the molecule is CC(NCCOc1ccccc1)C(C/C=C/c1ccc2ccccc2c1)c1ccc(Cl)cc1.